The summed E-state index contributed by atoms with van der Waals surface area (Å²) in [4.78, 5) is 29.0. The van der Waals surface area contributed by atoms with E-state index in [4.69, 9.17) is 9.47 Å². The quantitative estimate of drug-likeness (QED) is 0.850. The summed E-state index contributed by atoms with van der Waals surface area (Å²) in [6.07, 6.45) is 2.84. The van der Waals surface area contributed by atoms with Gasteiger partial charge < -0.3 is 19.5 Å². The van der Waals surface area contributed by atoms with Crippen LogP contribution in [0, 0.1) is 5.92 Å². The molecule has 3 aliphatic rings. The Labute approximate surface area is 145 Å². The highest BCUT2D eigenvalue weighted by Crippen LogP contribution is 2.51. The van der Waals surface area contributed by atoms with Gasteiger partial charge in [-0.3, -0.25) is 9.69 Å². The molecular weight excluding hydrogens is 324 g/mol. The molecule has 0 spiro atoms. The highest BCUT2D eigenvalue weighted by molar-refractivity contribution is 6.06. The molecule has 1 saturated heterocycles. The van der Waals surface area contributed by atoms with Gasteiger partial charge in [-0.15, -0.1) is 0 Å². The lowest BCUT2D eigenvalue weighted by Gasteiger charge is -2.27. The summed E-state index contributed by atoms with van der Waals surface area (Å²) in [5.74, 6) is 0.487. The minimum atomic E-state index is -0.555. The molecule has 1 N–H and O–H groups in total. The number of methoxy groups -OCH3 is 1. The second kappa shape index (κ2) is 5.68. The number of benzene rings is 1. The van der Waals surface area contributed by atoms with Gasteiger partial charge in [0.1, 0.15) is 6.61 Å². The molecule has 2 fully saturated rings. The molecule has 2 aliphatic heterocycles. The molecule has 2 heterocycles. The van der Waals surface area contributed by atoms with Gasteiger partial charge in [-0.25, -0.2) is 4.79 Å². The first-order chi connectivity index (χ1) is 12.0. The number of phenols is 1. The smallest absolute Gasteiger partial charge is 0.414 e. The minimum Gasteiger partial charge on any atom is -0.504 e. The molecule has 1 aromatic rings. The third-order valence-electron chi connectivity index (χ3n) is 5.20. The van der Waals surface area contributed by atoms with E-state index in [-0.39, 0.29) is 36.1 Å². The molecule has 1 saturated carbocycles. The van der Waals surface area contributed by atoms with E-state index in [0.29, 0.717) is 23.7 Å². The number of rotatable bonds is 3. The maximum atomic E-state index is 13.1. The summed E-state index contributed by atoms with van der Waals surface area (Å²) in [6, 6.07) is 3.12. The third kappa shape index (κ3) is 2.42. The SMILES string of the molecule is C=CCOC(=O)N1C[C@@H]2C[C@H]3C[C@H]3N2C(=O)c2cc(OC)c(O)cc21. The van der Waals surface area contributed by atoms with Gasteiger partial charge in [0, 0.05) is 18.7 Å². The molecule has 7 nitrogen and oxygen atoms in total. The van der Waals surface area contributed by atoms with Crippen molar-refractivity contribution in [3.63, 3.8) is 0 Å². The van der Waals surface area contributed by atoms with Gasteiger partial charge >= 0.3 is 6.09 Å². The number of anilines is 1. The Kier molecular flexibility index (Phi) is 3.59. The topological polar surface area (TPSA) is 79.3 Å². The molecule has 3 atom stereocenters. The van der Waals surface area contributed by atoms with Crippen LogP contribution in [0.15, 0.2) is 24.8 Å². The zero-order chi connectivity index (χ0) is 17.7. The zero-order valence-corrected chi connectivity index (χ0v) is 14.0. The fourth-order valence-corrected chi connectivity index (χ4v) is 3.98. The Morgan fingerprint density at radius 2 is 2.24 bits per heavy atom. The van der Waals surface area contributed by atoms with Gasteiger partial charge in [-0.2, -0.15) is 0 Å². The van der Waals surface area contributed by atoms with Gasteiger partial charge in [0.05, 0.1) is 24.4 Å². The number of nitrogens with zero attached hydrogens (tertiary/aromatic N) is 2. The molecule has 1 aromatic carbocycles. The highest BCUT2D eigenvalue weighted by Gasteiger charge is 2.56. The predicted molar refractivity (Wildman–Crippen MR) is 90.0 cm³/mol. The van der Waals surface area contributed by atoms with Crippen LogP contribution in [0.5, 0.6) is 11.5 Å². The molecule has 132 valence electrons. The Morgan fingerprint density at radius 3 is 2.96 bits per heavy atom. The normalized spacial score (nSPS) is 26.3. The Hall–Kier alpha value is -2.70. The lowest BCUT2D eigenvalue weighted by Crippen LogP contribution is -2.44. The summed E-state index contributed by atoms with van der Waals surface area (Å²) in [6.45, 7) is 3.98. The van der Waals surface area contributed by atoms with Crippen molar-refractivity contribution in [2.24, 2.45) is 5.92 Å². The lowest BCUT2D eigenvalue weighted by molar-refractivity contribution is 0.0712. The first kappa shape index (κ1) is 15.8. The van der Waals surface area contributed by atoms with Gasteiger partial charge in [0.25, 0.3) is 5.91 Å². The molecule has 0 unspecified atom stereocenters. The van der Waals surface area contributed by atoms with Gasteiger partial charge in [0.15, 0.2) is 11.5 Å². The number of aromatic hydroxyl groups is 1. The molecule has 4 rings (SSSR count). The number of phenolic OH excluding ortho intramolecular Hbond substituents is 1. The lowest BCUT2D eigenvalue weighted by atomic mass is 10.1. The molecule has 25 heavy (non-hydrogen) atoms. The van der Waals surface area contributed by atoms with E-state index in [2.05, 4.69) is 6.58 Å². The average molecular weight is 344 g/mol. The Morgan fingerprint density at radius 1 is 1.44 bits per heavy atom. The van der Waals surface area contributed by atoms with Crippen LogP contribution in [-0.4, -0.2) is 54.4 Å². The van der Waals surface area contributed by atoms with Crippen LogP contribution in [0.2, 0.25) is 0 Å². The zero-order valence-electron chi connectivity index (χ0n) is 14.0. The molecule has 0 aromatic heterocycles. The summed E-state index contributed by atoms with van der Waals surface area (Å²) in [7, 11) is 1.42. The van der Waals surface area contributed by atoms with Crippen LogP contribution in [0.25, 0.3) is 0 Å². The molecule has 0 bridgehead atoms. The van der Waals surface area contributed by atoms with Gasteiger partial charge in [-0.05, 0) is 24.8 Å². The monoisotopic (exact) mass is 344 g/mol. The van der Waals surface area contributed by atoms with Crippen molar-refractivity contribution >= 4 is 17.7 Å². The van der Waals surface area contributed by atoms with Crippen LogP contribution in [0.4, 0.5) is 10.5 Å². The predicted octanol–water partition coefficient (Wildman–Crippen LogP) is 2.15. The number of amides is 2. The fraction of sp³-hybridized carbons (Fsp3) is 0.444. The van der Waals surface area contributed by atoms with E-state index in [1.165, 1.54) is 30.2 Å². The summed E-state index contributed by atoms with van der Waals surface area (Å²) in [5.41, 5.74) is 0.698. The first-order valence-electron chi connectivity index (χ1n) is 8.34. The number of piperidine rings is 1. The van der Waals surface area contributed by atoms with E-state index < -0.39 is 6.09 Å². The summed E-state index contributed by atoms with van der Waals surface area (Å²) < 4.78 is 10.3. The van der Waals surface area contributed by atoms with Gasteiger partial charge in [-0.1, -0.05) is 12.7 Å². The van der Waals surface area contributed by atoms with E-state index in [1.54, 1.807) is 0 Å². The van der Waals surface area contributed by atoms with E-state index in [0.717, 1.165) is 12.8 Å². The molecule has 2 amide bonds. The number of hydrogen-bond donors (Lipinski definition) is 1. The van der Waals surface area contributed by atoms with Crippen molar-refractivity contribution in [1.29, 1.82) is 0 Å². The molecular formula is C18H20N2O5. The number of fused-ring (bicyclic) bond motifs is 4. The molecule has 1 aliphatic carbocycles. The van der Waals surface area contributed by atoms with Crippen LogP contribution < -0.4 is 9.64 Å². The van der Waals surface area contributed by atoms with Gasteiger partial charge in [0.2, 0.25) is 0 Å². The number of ether oxygens (including phenoxy) is 2. The summed E-state index contributed by atoms with van der Waals surface area (Å²) in [5, 5.41) is 10.1. The Bertz CT molecular complexity index is 762. The van der Waals surface area contributed by atoms with Crippen molar-refractivity contribution in [1.82, 2.24) is 4.90 Å². The molecule has 0 radical (unpaired) electrons. The fourth-order valence-electron chi connectivity index (χ4n) is 3.98. The average Bonchev–Trinajstić information content (AvgIpc) is 3.29. The van der Waals surface area contributed by atoms with Crippen LogP contribution >= 0.6 is 0 Å². The second-order valence-electron chi connectivity index (χ2n) is 6.68. The van der Waals surface area contributed by atoms with E-state index in [9.17, 15) is 14.7 Å². The van der Waals surface area contributed by atoms with Crippen molar-refractivity contribution in [3.05, 3.63) is 30.4 Å². The number of hydrogen-bond acceptors (Lipinski definition) is 5. The second-order valence-corrected chi connectivity index (χ2v) is 6.68. The summed E-state index contributed by atoms with van der Waals surface area (Å²) >= 11 is 0. The van der Waals surface area contributed by atoms with Crippen molar-refractivity contribution in [2.45, 2.75) is 24.9 Å². The highest BCUT2D eigenvalue weighted by atomic mass is 16.6. The minimum absolute atomic E-state index is 0.0342. The van der Waals surface area contributed by atoms with Crippen LogP contribution in [0.1, 0.15) is 23.2 Å². The third-order valence-corrected chi connectivity index (χ3v) is 5.20. The van der Waals surface area contributed by atoms with Crippen molar-refractivity contribution in [3.8, 4) is 11.5 Å². The first-order valence-corrected chi connectivity index (χ1v) is 8.34. The maximum Gasteiger partial charge on any atom is 0.414 e. The maximum absolute atomic E-state index is 13.1. The standard InChI is InChI=1S/C18H20N2O5/c1-3-4-25-18(23)19-9-11-5-10-6-13(10)20(11)17(22)12-7-16(24-2)15(21)8-14(12)19/h3,7-8,10-11,13,21H,1,4-6,9H2,2H3/t10-,11-,13+/m0/s1. The van der Waals surface area contributed by atoms with Crippen LogP contribution in [-0.2, 0) is 4.74 Å². The Balaban J connectivity index is 1.79. The van der Waals surface area contributed by atoms with Crippen molar-refractivity contribution in [2.75, 3.05) is 25.2 Å². The number of carbonyl (C=O) groups is 2. The van der Waals surface area contributed by atoms with E-state index >= 15 is 0 Å². The number of carbonyl (C=O) groups excluding carboxylic acids is 2. The van der Waals surface area contributed by atoms with Crippen molar-refractivity contribution < 1.29 is 24.2 Å². The van der Waals surface area contributed by atoms with E-state index in [1.807, 2.05) is 4.90 Å². The molecule has 7 heteroatoms. The largest absolute Gasteiger partial charge is 0.504 e. The van der Waals surface area contributed by atoms with Crippen LogP contribution in [0.3, 0.4) is 0 Å².